The van der Waals surface area contributed by atoms with Crippen LogP contribution in [-0.4, -0.2) is 45.7 Å². The van der Waals surface area contributed by atoms with Crippen molar-refractivity contribution in [1.29, 1.82) is 0 Å². The van der Waals surface area contributed by atoms with Crippen molar-refractivity contribution in [3.8, 4) is 0 Å². The number of benzene rings is 1. The molecule has 0 saturated heterocycles. The van der Waals surface area contributed by atoms with E-state index in [1.165, 1.54) is 11.1 Å². The molecule has 1 saturated carbocycles. The summed E-state index contributed by atoms with van der Waals surface area (Å²) in [6, 6.07) is 8.31. The highest BCUT2D eigenvalue weighted by atomic mass is 16.5. The van der Waals surface area contributed by atoms with Crippen LogP contribution in [-0.2, 0) is 16.0 Å². The van der Waals surface area contributed by atoms with E-state index in [2.05, 4.69) is 31.2 Å². The highest BCUT2D eigenvalue weighted by molar-refractivity contribution is 5.69. The van der Waals surface area contributed by atoms with Crippen LogP contribution in [0.15, 0.2) is 48.6 Å². The number of allylic oxidation sites excluding steroid dienone is 2. The minimum absolute atomic E-state index is 0.0762. The fourth-order valence-electron chi connectivity index (χ4n) is 4.19. The molecule has 2 rings (SSSR count). The van der Waals surface area contributed by atoms with Gasteiger partial charge in [-0.05, 0) is 64.4 Å². The number of hydrogen-bond donors (Lipinski definition) is 3. The van der Waals surface area contributed by atoms with E-state index in [0.29, 0.717) is 25.7 Å². The Labute approximate surface area is 192 Å². The number of aryl methyl sites for hydroxylation is 2. The first kappa shape index (κ1) is 26.3. The van der Waals surface area contributed by atoms with Gasteiger partial charge >= 0.3 is 5.97 Å². The van der Waals surface area contributed by atoms with E-state index in [-0.39, 0.29) is 23.9 Å². The molecule has 1 aromatic rings. The van der Waals surface area contributed by atoms with Crippen molar-refractivity contribution in [2.45, 2.75) is 90.1 Å². The number of carbonyl (C=O) groups excluding carboxylic acids is 1. The average Bonchev–Trinajstić information content (AvgIpc) is 3.00. The lowest BCUT2D eigenvalue weighted by Gasteiger charge is -2.19. The molecule has 0 spiro atoms. The van der Waals surface area contributed by atoms with E-state index in [0.717, 1.165) is 19.3 Å². The van der Waals surface area contributed by atoms with Gasteiger partial charge in [-0.25, -0.2) is 0 Å². The Morgan fingerprint density at radius 3 is 2.56 bits per heavy atom. The van der Waals surface area contributed by atoms with E-state index >= 15 is 0 Å². The molecule has 0 heterocycles. The Kier molecular flexibility index (Phi) is 11.1. The van der Waals surface area contributed by atoms with Crippen molar-refractivity contribution < 1.29 is 24.9 Å². The minimum Gasteiger partial charge on any atom is -0.463 e. The zero-order valence-corrected chi connectivity index (χ0v) is 19.7. The van der Waals surface area contributed by atoms with Crippen LogP contribution in [0.25, 0.3) is 0 Å². The maximum absolute atomic E-state index is 11.5. The second-order valence-electron chi connectivity index (χ2n) is 9.23. The van der Waals surface area contributed by atoms with Gasteiger partial charge < -0.3 is 20.1 Å². The third kappa shape index (κ3) is 9.27. The number of carbonyl (C=O) groups is 1. The molecule has 0 unspecified atom stereocenters. The normalized spacial score (nSPS) is 24.6. The van der Waals surface area contributed by atoms with Crippen LogP contribution in [0, 0.1) is 18.8 Å². The molecule has 5 heteroatoms. The van der Waals surface area contributed by atoms with Gasteiger partial charge in [0.25, 0.3) is 0 Å². The van der Waals surface area contributed by atoms with Gasteiger partial charge in [0.2, 0.25) is 0 Å². The molecule has 1 fully saturated rings. The number of hydrogen-bond acceptors (Lipinski definition) is 5. The van der Waals surface area contributed by atoms with Crippen molar-refractivity contribution in [2.75, 3.05) is 0 Å². The van der Waals surface area contributed by atoms with Crippen molar-refractivity contribution in [3.05, 3.63) is 59.7 Å². The smallest absolute Gasteiger partial charge is 0.306 e. The molecule has 0 aliphatic heterocycles. The van der Waals surface area contributed by atoms with Gasteiger partial charge in [-0.2, -0.15) is 0 Å². The summed E-state index contributed by atoms with van der Waals surface area (Å²) in [5, 5.41) is 31.1. The van der Waals surface area contributed by atoms with E-state index in [1.807, 2.05) is 32.1 Å². The number of aliphatic hydroxyl groups excluding tert-OH is 3. The molecule has 0 aromatic heterocycles. The van der Waals surface area contributed by atoms with Crippen LogP contribution in [0.1, 0.15) is 63.5 Å². The lowest BCUT2D eigenvalue weighted by Crippen LogP contribution is -2.20. The molecule has 5 nitrogen and oxygen atoms in total. The first-order valence-corrected chi connectivity index (χ1v) is 11.9. The van der Waals surface area contributed by atoms with Gasteiger partial charge in [-0.1, -0.05) is 54.1 Å². The SMILES string of the molecule is Cc1ccc(CC[C@@H](O)/C=C/[C@@H]2[C@@H](C/C=C\CCCC(=O)OC(C)C)[C@@H](O)C[C@H]2O)cc1. The van der Waals surface area contributed by atoms with Crippen molar-refractivity contribution in [3.63, 3.8) is 0 Å². The molecule has 1 aromatic carbocycles. The van der Waals surface area contributed by atoms with E-state index < -0.39 is 18.3 Å². The van der Waals surface area contributed by atoms with Gasteiger partial charge in [-0.15, -0.1) is 0 Å². The summed E-state index contributed by atoms with van der Waals surface area (Å²) < 4.78 is 5.12. The van der Waals surface area contributed by atoms with Crippen molar-refractivity contribution in [1.82, 2.24) is 0 Å². The number of ether oxygens (including phenoxy) is 1. The lowest BCUT2D eigenvalue weighted by atomic mass is 9.89. The predicted molar refractivity (Wildman–Crippen MR) is 127 cm³/mol. The average molecular weight is 445 g/mol. The summed E-state index contributed by atoms with van der Waals surface area (Å²) in [5.74, 6) is -0.425. The molecule has 5 atom stereocenters. The first-order valence-electron chi connectivity index (χ1n) is 11.9. The molecule has 0 bridgehead atoms. The fourth-order valence-corrected chi connectivity index (χ4v) is 4.19. The maximum atomic E-state index is 11.5. The summed E-state index contributed by atoms with van der Waals surface area (Å²) in [7, 11) is 0. The Hall–Kier alpha value is -1.95. The quantitative estimate of drug-likeness (QED) is 0.255. The second-order valence-corrected chi connectivity index (χ2v) is 9.23. The van der Waals surface area contributed by atoms with E-state index in [4.69, 9.17) is 4.74 Å². The zero-order valence-electron chi connectivity index (χ0n) is 19.7. The third-order valence-corrected chi connectivity index (χ3v) is 6.01. The number of esters is 1. The summed E-state index contributed by atoms with van der Waals surface area (Å²) in [4.78, 5) is 11.5. The van der Waals surface area contributed by atoms with E-state index in [1.54, 1.807) is 6.08 Å². The molecule has 32 heavy (non-hydrogen) atoms. The van der Waals surface area contributed by atoms with Gasteiger partial charge in [0.15, 0.2) is 0 Å². The van der Waals surface area contributed by atoms with Gasteiger partial charge in [-0.3, -0.25) is 4.79 Å². The number of unbranched alkanes of at least 4 members (excludes halogenated alkanes) is 1. The molecule has 1 aliphatic rings. The molecular weight excluding hydrogens is 404 g/mol. The van der Waals surface area contributed by atoms with Gasteiger partial charge in [0.05, 0.1) is 24.4 Å². The minimum atomic E-state index is -0.602. The summed E-state index contributed by atoms with van der Waals surface area (Å²) in [6.45, 7) is 5.73. The van der Waals surface area contributed by atoms with Crippen LogP contribution in [0.2, 0.25) is 0 Å². The predicted octanol–water partition coefficient (Wildman–Crippen LogP) is 4.27. The second kappa shape index (κ2) is 13.6. The molecular formula is C27H40O5. The Morgan fingerprint density at radius 2 is 1.88 bits per heavy atom. The molecule has 0 radical (unpaired) electrons. The number of aliphatic hydroxyl groups is 3. The van der Waals surface area contributed by atoms with Crippen LogP contribution in [0.4, 0.5) is 0 Å². The Balaban J connectivity index is 1.77. The Bertz CT molecular complexity index is 737. The van der Waals surface area contributed by atoms with Crippen LogP contribution < -0.4 is 0 Å². The molecule has 178 valence electrons. The molecule has 0 amide bonds. The maximum Gasteiger partial charge on any atom is 0.306 e. The first-order chi connectivity index (χ1) is 15.3. The summed E-state index contributed by atoms with van der Waals surface area (Å²) >= 11 is 0. The molecule has 1 aliphatic carbocycles. The fraction of sp³-hybridized carbons (Fsp3) is 0.593. The van der Waals surface area contributed by atoms with Gasteiger partial charge in [0, 0.05) is 18.8 Å². The Morgan fingerprint density at radius 1 is 1.16 bits per heavy atom. The van der Waals surface area contributed by atoms with Crippen molar-refractivity contribution >= 4 is 5.97 Å². The standard InChI is InChI=1S/C27H40O5/c1-19(2)32-27(31)9-7-5-4-6-8-23-24(26(30)18-25(23)29)17-16-22(28)15-14-21-12-10-20(3)11-13-21/h4,6,10-13,16-17,19,22-26,28-30H,5,7-9,14-15,18H2,1-3H3/b6-4-,17-16+/t22-,23-,24-,25+,26-/m1/s1. The van der Waals surface area contributed by atoms with Crippen LogP contribution in [0.3, 0.4) is 0 Å². The third-order valence-electron chi connectivity index (χ3n) is 6.01. The summed E-state index contributed by atoms with van der Waals surface area (Å²) in [5.41, 5.74) is 2.41. The lowest BCUT2D eigenvalue weighted by molar-refractivity contribution is -0.147. The van der Waals surface area contributed by atoms with Crippen molar-refractivity contribution in [2.24, 2.45) is 11.8 Å². The van der Waals surface area contributed by atoms with E-state index in [9.17, 15) is 20.1 Å². The van der Waals surface area contributed by atoms with Gasteiger partial charge in [0.1, 0.15) is 0 Å². The van der Waals surface area contributed by atoms with Crippen LogP contribution in [0.5, 0.6) is 0 Å². The largest absolute Gasteiger partial charge is 0.463 e. The molecule has 3 N–H and O–H groups in total. The monoisotopic (exact) mass is 444 g/mol. The highest BCUT2D eigenvalue weighted by Crippen LogP contribution is 2.36. The summed E-state index contributed by atoms with van der Waals surface area (Å²) in [6.07, 6.45) is 10.2. The topological polar surface area (TPSA) is 87.0 Å². The number of rotatable bonds is 12. The highest BCUT2D eigenvalue weighted by Gasteiger charge is 2.39. The van der Waals surface area contributed by atoms with Crippen LogP contribution >= 0.6 is 0 Å². The zero-order chi connectivity index (χ0) is 23.5.